The number of anilines is 1. The van der Waals surface area contributed by atoms with Crippen LogP contribution in [0.1, 0.15) is 50.4 Å². The molecule has 0 bridgehead atoms. The SMILES string of the molecule is COc1cc2c(cc1Cc1ccc(C(=O)NC3CCOCC3)nc1)C(=O)N(c1ncccc1F)CC2. The van der Waals surface area contributed by atoms with Crippen LogP contribution in [-0.2, 0) is 17.6 Å². The third-order valence-corrected chi connectivity index (χ3v) is 6.59. The van der Waals surface area contributed by atoms with E-state index in [1.807, 2.05) is 12.1 Å². The van der Waals surface area contributed by atoms with E-state index < -0.39 is 5.82 Å². The molecule has 0 saturated carbocycles. The summed E-state index contributed by atoms with van der Waals surface area (Å²) in [6.07, 6.45) is 5.75. The van der Waals surface area contributed by atoms with Crippen LogP contribution >= 0.6 is 0 Å². The van der Waals surface area contributed by atoms with Crippen molar-refractivity contribution >= 4 is 17.6 Å². The summed E-state index contributed by atoms with van der Waals surface area (Å²) in [6, 6.07) is 10.1. The van der Waals surface area contributed by atoms with E-state index in [2.05, 4.69) is 15.3 Å². The maximum Gasteiger partial charge on any atom is 0.270 e. The first-order chi connectivity index (χ1) is 17.5. The number of carbonyl (C=O) groups is 2. The molecule has 2 aromatic heterocycles. The van der Waals surface area contributed by atoms with Crippen molar-refractivity contribution in [3.05, 3.63) is 82.6 Å². The Morgan fingerprint density at radius 1 is 1.22 bits per heavy atom. The van der Waals surface area contributed by atoms with E-state index in [4.69, 9.17) is 9.47 Å². The molecule has 3 aromatic rings. The molecule has 5 rings (SSSR count). The Morgan fingerprint density at radius 2 is 2.06 bits per heavy atom. The number of aromatic nitrogens is 2. The lowest BCUT2D eigenvalue weighted by atomic mass is 9.93. The third-order valence-electron chi connectivity index (χ3n) is 6.59. The molecule has 2 amide bonds. The lowest BCUT2D eigenvalue weighted by Crippen LogP contribution is -2.39. The lowest BCUT2D eigenvalue weighted by molar-refractivity contribution is 0.0694. The second kappa shape index (κ2) is 10.4. The van der Waals surface area contributed by atoms with E-state index >= 15 is 0 Å². The molecule has 8 nitrogen and oxygen atoms in total. The van der Waals surface area contributed by atoms with Crippen LogP contribution < -0.4 is 15.0 Å². The molecule has 1 fully saturated rings. The van der Waals surface area contributed by atoms with E-state index in [1.54, 1.807) is 25.4 Å². The number of benzene rings is 1. The summed E-state index contributed by atoms with van der Waals surface area (Å²) >= 11 is 0. The fourth-order valence-corrected chi connectivity index (χ4v) is 4.64. The smallest absolute Gasteiger partial charge is 0.270 e. The summed E-state index contributed by atoms with van der Waals surface area (Å²) in [5.41, 5.74) is 3.38. The van der Waals surface area contributed by atoms with Crippen molar-refractivity contribution in [2.45, 2.75) is 31.7 Å². The lowest BCUT2D eigenvalue weighted by Gasteiger charge is -2.29. The number of rotatable bonds is 6. The molecule has 0 atom stereocenters. The summed E-state index contributed by atoms with van der Waals surface area (Å²) < 4.78 is 25.2. The topological polar surface area (TPSA) is 93.7 Å². The number of hydrogen-bond acceptors (Lipinski definition) is 6. The first-order valence-corrected chi connectivity index (χ1v) is 12.0. The monoisotopic (exact) mass is 490 g/mol. The minimum atomic E-state index is -0.532. The molecule has 2 aliphatic heterocycles. The predicted molar refractivity (Wildman–Crippen MR) is 131 cm³/mol. The highest BCUT2D eigenvalue weighted by atomic mass is 19.1. The number of amides is 2. The van der Waals surface area contributed by atoms with Gasteiger partial charge >= 0.3 is 0 Å². The van der Waals surface area contributed by atoms with Gasteiger partial charge in [0.25, 0.3) is 11.8 Å². The second-order valence-corrected chi connectivity index (χ2v) is 8.93. The van der Waals surface area contributed by atoms with Crippen molar-refractivity contribution in [1.29, 1.82) is 0 Å². The van der Waals surface area contributed by atoms with Gasteiger partial charge in [-0.05, 0) is 66.3 Å². The largest absolute Gasteiger partial charge is 0.496 e. The van der Waals surface area contributed by atoms with Crippen LogP contribution in [0, 0.1) is 5.82 Å². The molecule has 0 spiro atoms. The summed E-state index contributed by atoms with van der Waals surface area (Å²) in [7, 11) is 1.59. The van der Waals surface area contributed by atoms with Gasteiger partial charge in [-0.3, -0.25) is 19.5 Å². The van der Waals surface area contributed by atoms with Gasteiger partial charge in [-0.25, -0.2) is 9.37 Å². The maximum absolute atomic E-state index is 14.3. The van der Waals surface area contributed by atoms with E-state index in [0.29, 0.717) is 49.6 Å². The van der Waals surface area contributed by atoms with Crippen LogP contribution in [0.25, 0.3) is 0 Å². The Hall–Kier alpha value is -3.85. The van der Waals surface area contributed by atoms with Crippen molar-refractivity contribution in [3.63, 3.8) is 0 Å². The number of nitrogens with zero attached hydrogens (tertiary/aromatic N) is 3. The van der Waals surface area contributed by atoms with Gasteiger partial charge in [-0.2, -0.15) is 0 Å². The van der Waals surface area contributed by atoms with Gasteiger partial charge in [0.2, 0.25) is 0 Å². The number of carbonyl (C=O) groups excluding carboxylic acids is 2. The zero-order valence-corrected chi connectivity index (χ0v) is 20.0. The minimum absolute atomic E-state index is 0.0318. The number of nitrogens with one attached hydrogen (secondary N) is 1. The number of methoxy groups -OCH3 is 1. The average Bonchev–Trinajstić information content (AvgIpc) is 2.90. The minimum Gasteiger partial charge on any atom is -0.496 e. The molecule has 9 heteroatoms. The molecule has 1 aromatic carbocycles. The van der Waals surface area contributed by atoms with Crippen LogP contribution in [0.2, 0.25) is 0 Å². The Morgan fingerprint density at radius 3 is 2.78 bits per heavy atom. The zero-order chi connectivity index (χ0) is 25.1. The highest BCUT2D eigenvalue weighted by Gasteiger charge is 2.29. The highest BCUT2D eigenvalue weighted by molar-refractivity contribution is 6.08. The summed E-state index contributed by atoms with van der Waals surface area (Å²) in [6.45, 7) is 1.64. The molecule has 36 heavy (non-hydrogen) atoms. The van der Waals surface area contributed by atoms with E-state index in [-0.39, 0.29) is 23.7 Å². The Labute approximate surface area is 208 Å². The van der Waals surface area contributed by atoms with E-state index in [0.717, 1.165) is 29.5 Å². The highest BCUT2D eigenvalue weighted by Crippen LogP contribution is 2.31. The molecule has 1 saturated heterocycles. The van der Waals surface area contributed by atoms with Gasteiger partial charge in [0, 0.05) is 50.2 Å². The summed E-state index contributed by atoms with van der Waals surface area (Å²) in [5, 5.41) is 3.01. The maximum atomic E-state index is 14.3. The fraction of sp³-hybridized carbons (Fsp3) is 0.333. The van der Waals surface area contributed by atoms with Crippen molar-refractivity contribution in [2.75, 3.05) is 31.8 Å². The van der Waals surface area contributed by atoms with Crippen LogP contribution in [0.15, 0.2) is 48.8 Å². The van der Waals surface area contributed by atoms with E-state index in [9.17, 15) is 14.0 Å². The number of pyridine rings is 2. The van der Waals surface area contributed by atoms with Gasteiger partial charge in [0.05, 0.1) is 7.11 Å². The Bertz CT molecular complexity index is 1280. The molecule has 0 aliphatic carbocycles. The molecular weight excluding hydrogens is 463 g/mol. The molecule has 0 radical (unpaired) electrons. The first kappa shape index (κ1) is 23.9. The van der Waals surface area contributed by atoms with Crippen molar-refractivity contribution in [1.82, 2.24) is 15.3 Å². The average molecular weight is 491 g/mol. The number of ether oxygens (including phenoxy) is 2. The first-order valence-electron chi connectivity index (χ1n) is 12.0. The van der Waals surface area contributed by atoms with Gasteiger partial charge in [-0.15, -0.1) is 0 Å². The summed E-state index contributed by atoms with van der Waals surface area (Å²) in [4.78, 5) is 35.6. The van der Waals surface area contributed by atoms with Crippen LogP contribution in [0.5, 0.6) is 5.75 Å². The zero-order valence-electron chi connectivity index (χ0n) is 20.0. The van der Waals surface area contributed by atoms with Crippen molar-refractivity contribution in [2.24, 2.45) is 0 Å². The molecule has 186 valence electrons. The van der Waals surface area contributed by atoms with Gasteiger partial charge in [0.15, 0.2) is 11.6 Å². The van der Waals surface area contributed by atoms with Gasteiger partial charge in [0.1, 0.15) is 11.4 Å². The molecule has 4 heterocycles. The van der Waals surface area contributed by atoms with Crippen molar-refractivity contribution in [3.8, 4) is 5.75 Å². The molecule has 2 aliphatic rings. The van der Waals surface area contributed by atoms with Gasteiger partial charge < -0.3 is 14.8 Å². The van der Waals surface area contributed by atoms with Crippen LogP contribution in [-0.4, -0.2) is 54.7 Å². The standard InChI is InChI=1S/C27H27FN4O4/c1-35-24-15-18-6-10-32(25-22(28)3-2-9-29-25)27(34)21(18)14-19(24)13-17-4-5-23(30-16-17)26(33)31-20-7-11-36-12-8-20/h2-5,9,14-16,20H,6-8,10-13H2,1H3,(H,31,33). The van der Waals surface area contributed by atoms with Crippen molar-refractivity contribution < 1.29 is 23.5 Å². The number of hydrogen-bond donors (Lipinski definition) is 1. The van der Waals surface area contributed by atoms with Crippen LogP contribution in [0.3, 0.4) is 0 Å². The molecule has 1 N–H and O–H groups in total. The van der Waals surface area contributed by atoms with E-state index in [1.165, 1.54) is 23.2 Å². The molecule has 0 unspecified atom stereocenters. The van der Waals surface area contributed by atoms with Crippen LogP contribution in [0.4, 0.5) is 10.2 Å². The van der Waals surface area contributed by atoms with Gasteiger partial charge in [-0.1, -0.05) is 6.07 Å². The number of fused-ring (bicyclic) bond motifs is 1. The third kappa shape index (κ3) is 4.92. The molecular formula is C27H27FN4O4. The fourth-order valence-electron chi connectivity index (χ4n) is 4.64. The summed E-state index contributed by atoms with van der Waals surface area (Å²) in [5.74, 6) is -0.331. The Balaban J connectivity index is 1.34. The predicted octanol–water partition coefficient (Wildman–Crippen LogP) is 3.33. The number of halogens is 1. The second-order valence-electron chi connectivity index (χ2n) is 8.93. The quantitative estimate of drug-likeness (QED) is 0.570. The normalized spacial score (nSPS) is 15.9. The Kier molecular flexibility index (Phi) is 6.90.